The minimum atomic E-state index is -2.24. The number of ketones is 1. The maximum absolute atomic E-state index is 12.5. The van der Waals surface area contributed by atoms with Gasteiger partial charge in [0.05, 0.1) is 7.11 Å². The van der Waals surface area contributed by atoms with E-state index in [0.717, 1.165) is 0 Å². The van der Waals surface area contributed by atoms with Crippen LogP contribution in [0, 0.1) is 6.92 Å². The Balaban J connectivity index is 2.20. The molecule has 2 aromatic rings. The van der Waals surface area contributed by atoms with Crippen LogP contribution in [0.1, 0.15) is 21.5 Å². The van der Waals surface area contributed by atoms with Gasteiger partial charge in [-0.05, 0) is 6.92 Å². The number of aliphatic hydroxyl groups is 2. The van der Waals surface area contributed by atoms with E-state index in [1.807, 2.05) is 0 Å². The first-order valence-electron chi connectivity index (χ1n) is 7.00. The van der Waals surface area contributed by atoms with Crippen molar-refractivity contribution < 1.29 is 29.6 Å². The van der Waals surface area contributed by atoms with Gasteiger partial charge in [0.25, 0.3) is 5.79 Å². The van der Waals surface area contributed by atoms with E-state index < -0.39 is 17.7 Å². The van der Waals surface area contributed by atoms with Crippen LogP contribution in [0.4, 0.5) is 0 Å². The van der Waals surface area contributed by atoms with E-state index in [4.69, 9.17) is 9.47 Å². The lowest BCUT2D eigenvalue weighted by molar-refractivity contribution is -0.203. The molecule has 2 aromatic carbocycles. The van der Waals surface area contributed by atoms with Crippen LogP contribution >= 0.6 is 0 Å². The normalized spacial score (nSPS) is 23.1. The summed E-state index contributed by atoms with van der Waals surface area (Å²) in [6.07, 6.45) is -1.86. The van der Waals surface area contributed by atoms with Crippen molar-refractivity contribution in [2.24, 2.45) is 0 Å². The number of carbonyl (C=O) groups excluding carboxylic acids is 1. The van der Waals surface area contributed by atoms with Crippen molar-refractivity contribution in [1.82, 2.24) is 0 Å². The second-order valence-corrected chi connectivity index (χ2v) is 5.36. The number of hydrogen-bond acceptors (Lipinski definition) is 6. The molecule has 3 N–H and O–H groups in total. The summed E-state index contributed by atoms with van der Waals surface area (Å²) in [4.78, 5) is 12.5. The van der Waals surface area contributed by atoms with Gasteiger partial charge in [0, 0.05) is 17.2 Å². The van der Waals surface area contributed by atoms with Crippen LogP contribution in [0.3, 0.4) is 0 Å². The van der Waals surface area contributed by atoms with E-state index in [2.05, 4.69) is 0 Å². The van der Waals surface area contributed by atoms with Crippen molar-refractivity contribution in [3.63, 3.8) is 0 Å². The van der Waals surface area contributed by atoms with Crippen LogP contribution in [-0.2, 0) is 5.79 Å². The van der Waals surface area contributed by atoms with Gasteiger partial charge in [0.2, 0.25) is 5.78 Å². The van der Waals surface area contributed by atoms with E-state index in [-0.39, 0.29) is 22.6 Å². The van der Waals surface area contributed by atoms with Gasteiger partial charge >= 0.3 is 0 Å². The molecular weight excluding hydrogens is 300 g/mol. The van der Waals surface area contributed by atoms with E-state index in [1.165, 1.54) is 25.3 Å². The monoisotopic (exact) mass is 316 g/mol. The SMILES string of the molecule is COc1cc2c(c(O)c1C)C(=O)[C@H](O)[C@@](O)(c1ccccc1)O2. The molecule has 0 aromatic heterocycles. The summed E-state index contributed by atoms with van der Waals surface area (Å²) >= 11 is 0. The van der Waals surface area contributed by atoms with E-state index >= 15 is 0 Å². The molecule has 0 spiro atoms. The molecule has 0 saturated carbocycles. The highest BCUT2D eigenvalue weighted by Gasteiger charge is 2.50. The van der Waals surface area contributed by atoms with Gasteiger partial charge in [0.15, 0.2) is 6.10 Å². The predicted octanol–water partition coefficient (Wildman–Crippen LogP) is 1.49. The number of aromatic hydroxyl groups is 1. The Kier molecular flexibility index (Phi) is 3.50. The first-order valence-corrected chi connectivity index (χ1v) is 7.00. The fraction of sp³-hybridized carbons (Fsp3) is 0.235. The maximum Gasteiger partial charge on any atom is 0.268 e. The molecule has 0 bridgehead atoms. The lowest BCUT2D eigenvalue weighted by Crippen LogP contribution is -2.52. The molecule has 0 fully saturated rings. The second-order valence-electron chi connectivity index (χ2n) is 5.36. The number of carbonyl (C=O) groups is 1. The van der Waals surface area contributed by atoms with Crippen molar-refractivity contribution in [3.05, 3.63) is 53.1 Å². The number of phenols is 1. The molecular formula is C17H16O6. The molecule has 0 amide bonds. The number of hydrogen-bond donors (Lipinski definition) is 3. The van der Waals surface area contributed by atoms with E-state index in [0.29, 0.717) is 11.3 Å². The Morgan fingerprint density at radius 3 is 2.52 bits per heavy atom. The number of rotatable bonds is 2. The smallest absolute Gasteiger partial charge is 0.268 e. The molecule has 2 atom stereocenters. The molecule has 120 valence electrons. The van der Waals surface area contributed by atoms with Crippen molar-refractivity contribution in [1.29, 1.82) is 0 Å². The highest BCUT2D eigenvalue weighted by atomic mass is 16.6. The number of benzene rings is 2. The Morgan fingerprint density at radius 1 is 1.26 bits per heavy atom. The third-order valence-corrected chi connectivity index (χ3v) is 4.01. The molecule has 3 rings (SSSR count). The highest BCUT2D eigenvalue weighted by Crippen LogP contribution is 2.45. The highest BCUT2D eigenvalue weighted by molar-refractivity contribution is 6.06. The number of phenolic OH excluding ortho intramolecular Hbond substituents is 1. The summed E-state index contributed by atoms with van der Waals surface area (Å²) in [5.41, 5.74) is 0.405. The van der Waals surface area contributed by atoms with Crippen LogP contribution in [0.2, 0.25) is 0 Å². The molecule has 1 aliphatic heterocycles. The summed E-state index contributed by atoms with van der Waals surface area (Å²) in [5, 5.41) is 31.2. The van der Waals surface area contributed by atoms with Crippen LogP contribution in [0.5, 0.6) is 17.2 Å². The molecule has 0 aliphatic carbocycles. The van der Waals surface area contributed by atoms with Crippen molar-refractivity contribution in [2.45, 2.75) is 18.8 Å². The summed E-state index contributed by atoms with van der Waals surface area (Å²) in [6.45, 7) is 1.58. The molecule has 1 aliphatic rings. The number of methoxy groups -OCH3 is 1. The van der Waals surface area contributed by atoms with Gasteiger partial charge < -0.3 is 24.8 Å². The summed E-state index contributed by atoms with van der Waals surface area (Å²) in [6, 6.07) is 9.50. The summed E-state index contributed by atoms with van der Waals surface area (Å²) < 4.78 is 10.6. The average molecular weight is 316 g/mol. The quantitative estimate of drug-likeness (QED) is 0.777. The Hall–Kier alpha value is -2.57. The molecule has 0 unspecified atom stereocenters. The van der Waals surface area contributed by atoms with Gasteiger partial charge in [-0.1, -0.05) is 30.3 Å². The average Bonchev–Trinajstić information content (AvgIpc) is 2.56. The minimum Gasteiger partial charge on any atom is -0.507 e. The molecule has 6 nitrogen and oxygen atoms in total. The third kappa shape index (κ3) is 2.15. The molecule has 1 heterocycles. The van der Waals surface area contributed by atoms with Gasteiger partial charge in [-0.3, -0.25) is 4.79 Å². The molecule has 0 radical (unpaired) electrons. The summed E-state index contributed by atoms with van der Waals surface area (Å²) in [5.74, 6) is -3.13. The Morgan fingerprint density at radius 2 is 1.91 bits per heavy atom. The first-order chi connectivity index (χ1) is 10.9. The fourth-order valence-corrected chi connectivity index (χ4v) is 2.68. The fourth-order valence-electron chi connectivity index (χ4n) is 2.68. The Bertz CT molecular complexity index is 770. The van der Waals surface area contributed by atoms with Gasteiger partial charge in [-0.2, -0.15) is 0 Å². The molecule has 23 heavy (non-hydrogen) atoms. The largest absolute Gasteiger partial charge is 0.507 e. The van der Waals surface area contributed by atoms with Crippen LogP contribution in [-0.4, -0.2) is 34.3 Å². The lowest BCUT2D eigenvalue weighted by atomic mass is 9.89. The zero-order valence-electron chi connectivity index (χ0n) is 12.6. The van der Waals surface area contributed by atoms with Gasteiger partial charge in [-0.25, -0.2) is 0 Å². The van der Waals surface area contributed by atoms with E-state index in [9.17, 15) is 20.1 Å². The maximum atomic E-state index is 12.5. The van der Waals surface area contributed by atoms with E-state index in [1.54, 1.807) is 25.1 Å². The van der Waals surface area contributed by atoms with Gasteiger partial charge in [-0.15, -0.1) is 0 Å². The first kappa shape index (κ1) is 15.3. The van der Waals surface area contributed by atoms with Crippen LogP contribution < -0.4 is 9.47 Å². The number of aliphatic hydroxyl groups excluding tert-OH is 1. The number of ether oxygens (including phenoxy) is 2. The topological polar surface area (TPSA) is 96.2 Å². The van der Waals surface area contributed by atoms with Gasteiger partial charge in [0.1, 0.15) is 22.8 Å². The standard InChI is InChI=1S/C17H16O6/c1-9-11(22-2)8-12-13(14(9)18)15(19)16(20)17(21,23-12)10-6-4-3-5-7-10/h3-8,16,18,20-21H,1-2H3/t16-,17+/m0/s1. The number of Topliss-reactive ketones (excluding diaryl/α,β-unsaturated/α-hetero) is 1. The molecule has 6 heteroatoms. The van der Waals surface area contributed by atoms with Crippen molar-refractivity contribution in [3.8, 4) is 17.2 Å². The minimum absolute atomic E-state index is 0.0494. The Labute approximate surface area is 132 Å². The zero-order valence-corrected chi connectivity index (χ0v) is 12.6. The second kappa shape index (κ2) is 5.26. The summed E-state index contributed by atoms with van der Waals surface area (Å²) in [7, 11) is 1.41. The van der Waals surface area contributed by atoms with Crippen LogP contribution in [0.15, 0.2) is 36.4 Å². The zero-order chi connectivity index (χ0) is 16.8. The number of fused-ring (bicyclic) bond motifs is 1. The third-order valence-electron chi connectivity index (χ3n) is 4.01. The molecule has 0 saturated heterocycles. The van der Waals surface area contributed by atoms with Crippen molar-refractivity contribution in [2.75, 3.05) is 7.11 Å². The van der Waals surface area contributed by atoms with Crippen LogP contribution in [0.25, 0.3) is 0 Å². The lowest BCUT2D eigenvalue weighted by Gasteiger charge is -2.37. The predicted molar refractivity (Wildman–Crippen MR) is 80.7 cm³/mol. The van der Waals surface area contributed by atoms with Crippen molar-refractivity contribution >= 4 is 5.78 Å².